The number of methoxy groups -OCH3 is 1. The third-order valence-corrected chi connectivity index (χ3v) is 5.68. The molecule has 0 aliphatic carbocycles. The Balaban J connectivity index is 1.74. The van der Waals surface area contributed by atoms with Crippen LogP contribution in [0.2, 0.25) is 0 Å². The summed E-state index contributed by atoms with van der Waals surface area (Å²) < 4.78 is 19.8. The number of alkyl halides is 1. The highest BCUT2D eigenvalue weighted by atomic mass is 19.1. The largest absolute Gasteiger partial charge is 0.496 e. The number of rotatable bonds is 10. The van der Waals surface area contributed by atoms with Crippen LogP contribution in [-0.4, -0.2) is 53.3 Å². The minimum absolute atomic E-state index is 0.145. The lowest BCUT2D eigenvalue weighted by atomic mass is 9.97. The average Bonchev–Trinajstić information content (AvgIpc) is 3.37. The van der Waals surface area contributed by atoms with Crippen molar-refractivity contribution in [3.8, 4) is 11.8 Å². The molecule has 3 rings (SSSR count). The Labute approximate surface area is 191 Å². The maximum atomic E-state index is 14.5. The van der Waals surface area contributed by atoms with Crippen molar-refractivity contribution >= 4 is 22.7 Å². The fraction of sp³-hybridized carbons (Fsp3) is 0.522. The van der Waals surface area contributed by atoms with Crippen LogP contribution in [0.5, 0.6) is 5.75 Å². The van der Waals surface area contributed by atoms with Gasteiger partial charge in [0.2, 0.25) is 11.8 Å². The number of hydrogen-bond donors (Lipinski definition) is 5. The van der Waals surface area contributed by atoms with Crippen LogP contribution in [0.1, 0.15) is 45.0 Å². The van der Waals surface area contributed by atoms with E-state index in [0.29, 0.717) is 24.4 Å². The Bertz CT molecular complexity index is 1040. The Morgan fingerprint density at radius 1 is 1.45 bits per heavy atom. The molecular weight excluding hydrogens is 429 g/mol. The smallest absolute Gasteiger partial charge is 0.238 e. The maximum Gasteiger partial charge on any atom is 0.238 e. The van der Waals surface area contributed by atoms with E-state index in [1.54, 1.807) is 25.3 Å². The van der Waals surface area contributed by atoms with E-state index in [1.807, 2.05) is 12.1 Å². The van der Waals surface area contributed by atoms with Crippen LogP contribution in [0, 0.1) is 17.2 Å². The second-order valence-corrected chi connectivity index (χ2v) is 8.89. The molecule has 2 heterocycles. The second-order valence-electron chi connectivity index (χ2n) is 8.89. The van der Waals surface area contributed by atoms with Crippen LogP contribution in [0.3, 0.4) is 0 Å². The first-order chi connectivity index (χ1) is 15.6. The number of aliphatic hydroxyl groups is 1. The molecule has 0 bridgehead atoms. The van der Waals surface area contributed by atoms with Crippen LogP contribution in [-0.2, 0) is 9.59 Å². The van der Waals surface area contributed by atoms with Crippen molar-refractivity contribution in [2.75, 3.05) is 13.7 Å². The molecule has 1 aromatic carbocycles. The third-order valence-electron chi connectivity index (χ3n) is 5.68. The molecule has 10 heteroatoms. The number of nitrogens with one attached hydrogen (secondary N) is 4. The third kappa shape index (κ3) is 6.21. The van der Waals surface area contributed by atoms with Gasteiger partial charge in [-0.15, -0.1) is 0 Å². The summed E-state index contributed by atoms with van der Waals surface area (Å²) in [5.74, 6) is -0.507. The number of amides is 2. The molecule has 1 aliphatic heterocycles. The minimum atomic E-state index is -1.72. The van der Waals surface area contributed by atoms with Crippen molar-refractivity contribution in [1.29, 1.82) is 5.26 Å². The van der Waals surface area contributed by atoms with Crippen LogP contribution in [0.25, 0.3) is 10.9 Å². The van der Waals surface area contributed by atoms with Crippen LogP contribution in [0.4, 0.5) is 4.39 Å². The fourth-order valence-corrected chi connectivity index (χ4v) is 4.04. The predicted octanol–water partition coefficient (Wildman–Crippen LogP) is 1.80. The highest BCUT2D eigenvalue weighted by molar-refractivity contribution is 5.87. The molecule has 4 atom stereocenters. The first-order valence-electron chi connectivity index (χ1n) is 10.9. The van der Waals surface area contributed by atoms with Crippen molar-refractivity contribution in [3.63, 3.8) is 0 Å². The number of ether oxygens (including phenoxy) is 1. The van der Waals surface area contributed by atoms with Gasteiger partial charge in [0, 0.05) is 29.8 Å². The van der Waals surface area contributed by atoms with E-state index < -0.39 is 29.9 Å². The van der Waals surface area contributed by atoms with Gasteiger partial charge in [0.25, 0.3) is 0 Å². The minimum Gasteiger partial charge on any atom is -0.496 e. The highest BCUT2D eigenvalue weighted by Crippen LogP contribution is 2.28. The van der Waals surface area contributed by atoms with Gasteiger partial charge in [0.1, 0.15) is 23.7 Å². The van der Waals surface area contributed by atoms with E-state index in [-0.39, 0.29) is 24.7 Å². The lowest BCUT2D eigenvalue weighted by Crippen LogP contribution is -2.51. The summed E-state index contributed by atoms with van der Waals surface area (Å²) in [6.07, 6.45) is -0.776. The van der Waals surface area contributed by atoms with Gasteiger partial charge in [-0.3, -0.25) is 14.9 Å². The number of carbonyl (C=O) groups excluding carboxylic acids is 2. The van der Waals surface area contributed by atoms with Gasteiger partial charge in [-0.25, -0.2) is 4.39 Å². The summed E-state index contributed by atoms with van der Waals surface area (Å²) in [7, 11) is 1.54. The second kappa shape index (κ2) is 10.2. The lowest BCUT2D eigenvalue weighted by Gasteiger charge is -2.27. The molecule has 5 N–H and O–H groups in total. The number of nitriles is 1. The Kier molecular flexibility index (Phi) is 7.56. The van der Waals surface area contributed by atoms with E-state index in [9.17, 15) is 24.3 Å². The topological polar surface area (TPSA) is 139 Å². The van der Waals surface area contributed by atoms with Gasteiger partial charge in [0.15, 0.2) is 0 Å². The monoisotopic (exact) mass is 459 g/mol. The molecular formula is C23H30FN5O4. The molecule has 0 spiro atoms. The molecule has 1 fully saturated rings. The number of aromatic amines is 1. The molecule has 178 valence electrons. The molecule has 1 saturated heterocycles. The van der Waals surface area contributed by atoms with E-state index >= 15 is 0 Å². The first kappa shape index (κ1) is 24.5. The van der Waals surface area contributed by atoms with Gasteiger partial charge < -0.3 is 25.5 Å². The first-order valence-corrected chi connectivity index (χ1v) is 10.9. The van der Waals surface area contributed by atoms with Gasteiger partial charge in [-0.05, 0) is 44.9 Å². The molecule has 0 radical (unpaired) electrons. The number of aromatic nitrogens is 1. The normalized spacial score (nSPS) is 18.9. The number of halogens is 1. The molecule has 2 aromatic rings. The summed E-state index contributed by atoms with van der Waals surface area (Å²) >= 11 is 0. The van der Waals surface area contributed by atoms with E-state index in [0.717, 1.165) is 10.9 Å². The zero-order valence-corrected chi connectivity index (χ0v) is 18.9. The maximum absolute atomic E-state index is 14.5. The van der Waals surface area contributed by atoms with Crippen molar-refractivity contribution in [3.05, 3.63) is 30.0 Å². The van der Waals surface area contributed by atoms with Gasteiger partial charge in [0.05, 0.1) is 24.9 Å². The Morgan fingerprint density at radius 3 is 2.82 bits per heavy atom. The molecule has 9 nitrogen and oxygen atoms in total. The fourth-order valence-electron chi connectivity index (χ4n) is 4.04. The lowest BCUT2D eigenvalue weighted by molar-refractivity contribution is -0.126. The molecule has 33 heavy (non-hydrogen) atoms. The summed E-state index contributed by atoms with van der Waals surface area (Å²) in [6.45, 7) is 3.21. The number of H-pyrrole nitrogens is 1. The quantitative estimate of drug-likeness (QED) is 0.343. The Hall–Kier alpha value is -3.16. The molecule has 1 aliphatic rings. The standard InChI is InChI=1S/C23H30FN5O4/c1-23(2,24)11-18(22(32)27-14(12-25)9-13-7-8-26-20(13)30)29-21(31)17-10-15-16(28-17)5-4-6-19(15)33-3/h4-6,10,13-14,18,21,28-29,31H,7-9,11H2,1-3H3,(H,26,30)(H,27,32). The molecule has 1 aromatic heterocycles. The van der Waals surface area contributed by atoms with Gasteiger partial charge in [-0.2, -0.15) is 5.26 Å². The van der Waals surface area contributed by atoms with Crippen molar-refractivity contribution < 1.29 is 23.8 Å². The Morgan fingerprint density at radius 2 is 2.21 bits per heavy atom. The van der Waals surface area contributed by atoms with Gasteiger partial charge in [-0.1, -0.05) is 6.07 Å². The number of nitrogens with zero attached hydrogens (tertiary/aromatic N) is 1. The predicted molar refractivity (Wildman–Crippen MR) is 120 cm³/mol. The zero-order valence-electron chi connectivity index (χ0n) is 18.9. The number of aliphatic hydroxyl groups excluding tert-OH is 1. The zero-order chi connectivity index (χ0) is 24.2. The van der Waals surface area contributed by atoms with Crippen LogP contribution in [0.15, 0.2) is 24.3 Å². The van der Waals surface area contributed by atoms with Crippen LogP contribution < -0.4 is 20.7 Å². The summed E-state index contributed by atoms with van der Waals surface area (Å²) in [5.41, 5.74) is -0.605. The van der Waals surface area contributed by atoms with E-state index in [4.69, 9.17) is 4.74 Å². The summed E-state index contributed by atoms with van der Waals surface area (Å²) in [4.78, 5) is 27.8. The van der Waals surface area contributed by atoms with E-state index in [1.165, 1.54) is 13.8 Å². The molecule has 2 amide bonds. The number of benzene rings is 1. The number of hydrogen-bond acceptors (Lipinski definition) is 6. The highest BCUT2D eigenvalue weighted by Gasteiger charge is 2.33. The van der Waals surface area contributed by atoms with Crippen molar-refractivity contribution in [2.45, 2.75) is 57.1 Å². The summed E-state index contributed by atoms with van der Waals surface area (Å²) in [5, 5.41) is 29.0. The van der Waals surface area contributed by atoms with Gasteiger partial charge >= 0.3 is 0 Å². The molecule has 4 unspecified atom stereocenters. The van der Waals surface area contributed by atoms with E-state index in [2.05, 4.69) is 20.9 Å². The SMILES string of the molecule is COc1cccc2[nH]c(C(O)NC(CC(C)(C)F)C(=O)NC(C#N)CC3CCNC3=O)cc12. The average molecular weight is 460 g/mol. The number of carbonyl (C=O) groups is 2. The summed E-state index contributed by atoms with van der Waals surface area (Å²) in [6, 6.07) is 7.06. The van der Waals surface area contributed by atoms with Crippen molar-refractivity contribution in [2.24, 2.45) is 5.92 Å². The molecule has 0 saturated carbocycles. The number of fused-ring (bicyclic) bond motifs is 1. The van der Waals surface area contributed by atoms with Crippen molar-refractivity contribution in [1.82, 2.24) is 20.9 Å². The van der Waals surface area contributed by atoms with Crippen LogP contribution >= 0.6 is 0 Å².